The third kappa shape index (κ3) is 4.08. The number of thioether (sulfide) groups is 1. The molecule has 0 saturated heterocycles. The van der Waals surface area contributed by atoms with Crippen molar-refractivity contribution in [3.8, 4) is 0 Å². The third-order valence-electron chi connectivity index (χ3n) is 2.91. The van der Waals surface area contributed by atoms with Gasteiger partial charge in [0, 0.05) is 11.9 Å². The minimum Gasteiger partial charge on any atom is -0.478 e. The number of carbonyl (C=O) groups is 1. The van der Waals surface area contributed by atoms with Gasteiger partial charge in [-0.15, -0.1) is 11.8 Å². The fraction of sp³-hybridized carbons (Fsp3) is 0.200. The summed E-state index contributed by atoms with van der Waals surface area (Å²) in [5, 5.41) is 9.49. The van der Waals surface area contributed by atoms with E-state index in [0.717, 1.165) is 17.3 Å². The highest BCUT2D eigenvalue weighted by atomic mass is 32.2. The fourth-order valence-electron chi connectivity index (χ4n) is 1.82. The summed E-state index contributed by atoms with van der Waals surface area (Å²) < 4.78 is 24.3. The maximum atomic E-state index is 12.1. The summed E-state index contributed by atoms with van der Waals surface area (Å²) in [5.74, 6) is -0.895. The molecule has 7 heteroatoms. The van der Waals surface area contributed by atoms with E-state index in [1.54, 1.807) is 43.5 Å². The first-order valence-corrected chi connectivity index (χ1v) is 9.14. The Morgan fingerprint density at radius 2 is 1.95 bits per heavy atom. The van der Waals surface area contributed by atoms with Crippen LogP contribution in [0.5, 0.6) is 0 Å². The maximum absolute atomic E-state index is 12.1. The molecule has 0 radical (unpaired) electrons. The molecule has 0 aliphatic rings. The lowest BCUT2D eigenvalue weighted by atomic mass is 10.2. The highest BCUT2D eigenvalue weighted by molar-refractivity contribution is 8.00. The lowest BCUT2D eigenvalue weighted by molar-refractivity contribution is 0.0692. The van der Waals surface area contributed by atoms with Crippen LogP contribution in [0.25, 0.3) is 0 Å². The second kappa shape index (κ2) is 6.93. The van der Waals surface area contributed by atoms with E-state index < -0.39 is 15.8 Å². The normalized spacial score (nSPS) is 11.3. The first-order valence-electron chi connectivity index (χ1n) is 6.51. The van der Waals surface area contributed by atoms with Gasteiger partial charge >= 0.3 is 5.97 Å². The Morgan fingerprint density at radius 1 is 1.27 bits per heavy atom. The number of hydrogen-bond donors (Lipinski definition) is 1. The molecule has 0 bridgehead atoms. The Labute approximate surface area is 133 Å². The number of sulfone groups is 1. The van der Waals surface area contributed by atoms with Crippen molar-refractivity contribution in [2.24, 2.45) is 0 Å². The van der Waals surface area contributed by atoms with Crippen LogP contribution in [0.3, 0.4) is 0 Å². The molecular formula is C15H15NO4S2. The van der Waals surface area contributed by atoms with Gasteiger partial charge < -0.3 is 5.11 Å². The minimum absolute atomic E-state index is 0.0731. The van der Waals surface area contributed by atoms with Crippen LogP contribution in [0.15, 0.2) is 52.5 Å². The van der Waals surface area contributed by atoms with Crippen LogP contribution in [0, 0.1) is 6.92 Å². The molecule has 0 amide bonds. The standard InChI is InChI=1S/C15H15NO4S2/c1-11-9-13(15(17)18)14(16-10-11)21-7-8-22(19,20)12-5-3-2-4-6-12/h2-6,9-10H,7-8H2,1H3,(H,17,18). The predicted molar refractivity (Wildman–Crippen MR) is 85.2 cm³/mol. The van der Waals surface area contributed by atoms with Crippen molar-refractivity contribution in [2.45, 2.75) is 16.8 Å². The summed E-state index contributed by atoms with van der Waals surface area (Å²) in [7, 11) is -3.37. The van der Waals surface area contributed by atoms with Crippen molar-refractivity contribution in [3.63, 3.8) is 0 Å². The maximum Gasteiger partial charge on any atom is 0.338 e. The smallest absolute Gasteiger partial charge is 0.338 e. The number of rotatable bonds is 6. The summed E-state index contributed by atoms with van der Waals surface area (Å²) in [5.41, 5.74) is 0.848. The molecule has 0 aliphatic heterocycles. The molecule has 2 rings (SSSR count). The van der Waals surface area contributed by atoms with Crippen molar-refractivity contribution in [3.05, 3.63) is 53.7 Å². The van der Waals surface area contributed by atoms with Crippen molar-refractivity contribution in [2.75, 3.05) is 11.5 Å². The summed E-state index contributed by atoms with van der Waals surface area (Å²) in [6, 6.07) is 9.72. The number of aryl methyl sites for hydroxylation is 1. The second-order valence-electron chi connectivity index (χ2n) is 4.65. The molecule has 0 aliphatic carbocycles. The molecule has 1 heterocycles. The number of carboxylic acid groups (broad SMARTS) is 1. The summed E-state index contributed by atoms with van der Waals surface area (Å²) in [6.07, 6.45) is 1.57. The van der Waals surface area contributed by atoms with Gasteiger partial charge in [-0.1, -0.05) is 18.2 Å². The molecule has 1 N–H and O–H groups in total. The number of aromatic nitrogens is 1. The molecule has 1 aromatic heterocycles. The van der Waals surface area contributed by atoms with Crippen LogP contribution in [0.2, 0.25) is 0 Å². The summed E-state index contributed by atoms with van der Waals surface area (Å²) in [6.45, 7) is 1.76. The van der Waals surface area contributed by atoms with E-state index in [-0.39, 0.29) is 22.0 Å². The van der Waals surface area contributed by atoms with E-state index >= 15 is 0 Å². The van der Waals surface area contributed by atoms with Gasteiger partial charge in [-0.25, -0.2) is 18.2 Å². The quantitative estimate of drug-likeness (QED) is 0.816. The average molecular weight is 337 g/mol. The molecular weight excluding hydrogens is 322 g/mol. The van der Waals surface area contributed by atoms with Crippen molar-refractivity contribution >= 4 is 27.6 Å². The Hall–Kier alpha value is -1.86. The van der Waals surface area contributed by atoms with E-state index in [0.29, 0.717) is 5.03 Å². The third-order valence-corrected chi connectivity index (χ3v) is 5.91. The van der Waals surface area contributed by atoms with E-state index in [4.69, 9.17) is 5.11 Å². The minimum atomic E-state index is -3.37. The summed E-state index contributed by atoms with van der Waals surface area (Å²) in [4.78, 5) is 15.5. The number of benzene rings is 1. The van der Waals surface area contributed by atoms with Gasteiger partial charge in [0.05, 0.1) is 16.2 Å². The first-order chi connectivity index (χ1) is 10.4. The van der Waals surface area contributed by atoms with Gasteiger partial charge in [0.25, 0.3) is 0 Å². The monoisotopic (exact) mass is 337 g/mol. The number of hydrogen-bond acceptors (Lipinski definition) is 5. The molecule has 0 saturated carbocycles. The average Bonchev–Trinajstić information content (AvgIpc) is 2.49. The van der Waals surface area contributed by atoms with Crippen molar-refractivity contribution in [1.82, 2.24) is 4.98 Å². The molecule has 0 fully saturated rings. The zero-order valence-corrected chi connectivity index (χ0v) is 13.5. The largest absolute Gasteiger partial charge is 0.478 e. The number of carboxylic acids is 1. The first kappa shape index (κ1) is 16.5. The molecule has 1 aromatic carbocycles. The van der Waals surface area contributed by atoms with Gasteiger partial charge in [-0.2, -0.15) is 0 Å². The fourth-order valence-corrected chi connectivity index (χ4v) is 4.46. The Bertz CT molecular complexity index is 773. The van der Waals surface area contributed by atoms with E-state index in [1.807, 2.05) is 0 Å². The highest BCUT2D eigenvalue weighted by Crippen LogP contribution is 2.22. The van der Waals surface area contributed by atoms with Gasteiger partial charge in [0.15, 0.2) is 9.84 Å². The topological polar surface area (TPSA) is 84.3 Å². The Balaban J connectivity index is 2.07. The molecule has 22 heavy (non-hydrogen) atoms. The number of pyridine rings is 1. The molecule has 0 spiro atoms. The Kier molecular flexibility index (Phi) is 5.20. The molecule has 5 nitrogen and oxygen atoms in total. The summed E-state index contributed by atoms with van der Waals surface area (Å²) >= 11 is 1.13. The highest BCUT2D eigenvalue weighted by Gasteiger charge is 2.16. The van der Waals surface area contributed by atoms with Crippen LogP contribution in [0.4, 0.5) is 0 Å². The lowest BCUT2D eigenvalue weighted by Gasteiger charge is -2.07. The van der Waals surface area contributed by atoms with Crippen molar-refractivity contribution in [1.29, 1.82) is 0 Å². The van der Waals surface area contributed by atoms with Crippen LogP contribution < -0.4 is 0 Å². The molecule has 2 aromatic rings. The van der Waals surface area contributed by atoms with Crippen molar-refractivity contribution < 1.29 is 18.3 Å². The van der Waals surface area contributed by atoms with E-state index in [1.165, 1.54) is 6.07 Å². The molecule has 0 unspecified atom stereocenters. The van der Waals surface area contributed by atoms with Gasteiger partial charge in [0.1, 0.15) is 5.03 Å². The van der Waals surface area contributed by atoms with Crippen LogP contribution in [-0.4, -0.2) is 36.0 Å². The molecule has 0 atom stereocenters. The predicted octanol–water partition coefficient (Wildman–Crippen LogP) is 2.65. The van der Waals surface area contributed by atoms with Crippen LogP contribution >= 0.6 is 11.8 Å². The van der Waals surface area contributed by atoms with Crippen LogP contribution in [0.1, 0.15) is 15.9 Å². The Morgan fingerprint density at radius 3 is 2.59 bits per heavy atom. The SMILES string of the molecule is Cc1cnc(SCCS(=O)(=O)c2ccccc2)c(C(=O)O)c1. The lowest BCUT2D eigenvalue weighted by Crippen LogP contribution is -2.09. The number of nitrogens with zero attached hydrogens (tertiary/aromatic N) is 1. The van der Waals surface area contributed by atoms with Crippen LogP contribution in [-0.2, 0) is 9.84 Å². The zero-order valence-electron chi connectivity index (χ0n) is 11.9. The van der Waals surface area contributed by atoms with E-state index in [2.05, 4.69) is 4.98 Å². The second-order valence-corrected chi connectivity index (χ2v) is 7.84. The molecule has 116 valence electrons. The van der Waals surface area contributed by atoms with E-state index in [9.17, 15) is 13.2 Å². The zero-order chi connectivity index (χ0) is 16.2. The van der Waals surface area contributed by atoms with Gasteiger partial charge in [0.2, 0.25) is 0 Å². The van der Waals surface area contributed by atoms with Gasteiger partial charge in [-0.05, 0) is 30.7 Å². The number of aromatic carboxylic acids is 1. The van der Waals surface area contributed by atoms with Gasteiger partial charge in [-0.3, -0.25) is 0 Å².